The summed E-state index contributed by atoms with van der Waals surface area (Å²) in [7, 11) is 0. The Morgan fingerprint density at radius 2 is 1.93 bits per heavy atom. The van der Waals surface area contributed by atoms with Crippen LogP contribution < -0.4 is 10.3 Å². The van der Waals surface area contributed by atoms with Gasteiger partial charge in [0.25, 0.3) is 0 Å². The smallest absolute Gasteiger partial charge is 0.369 e. The molecule has 2 heterocycles. The van der Waals surface area contributed by atoms with E-state index in [1.54, 1.807) is 17.8 Å². The van der Waals surface area contributed by atoms with Crippen LogP contribution >= 0.6 is 11.8 Å². The average Bonchev–Trinajstić information content (AvgIpc) is 3.06. The summed E-state index contributed by atoms with van der Waals surface area (Å²) < 4.78 is 38.8. The number of nitrogens with zero attached hydrogens (tertiary/aromatic N) is 4. The number of hydrogen-bond acceptors (Lipinski definition) is 6. The van der Waals surface area contributed by atoms with Crippen LogP contribution in [0.2, 0.25) is 0 Å². The molecule has 1 fully saturated rings. The highest BCUT2D eigenvalue weighted by Gasteiger charge is 2.31. The Morgan fingerprint density at radius 3 is 2.59 bits per heavy atom. The predicted molar refractivity (Wildman–Crippen MR) is 114 cm³/mol. The van der Waals surface area contributed by atoms with Crippen LogP contribution in [0.4, 0.5) is 18.9 Å². The Morgan fingerprint density at radius 1 is 1.21 bits per heavy atom. The van der Waals surface area contributed by atoms with Crippen molar-refractivity contribution in [3.63, 3.8) is 0 Å². The maximum absolute atomic E-state index is 12.9. The molecule has 0 saturated carbocycles. The van der Waals surface area contributed by atoms with Gasteiger partial charge in [0.2, 0.25) is 0 Å². The van der Waals surface area contributed by atoms with Crippen LogP contribution in [0.5, 0.6) is 0 Å². The number of halogens is 3. The van der Waals surface area contributed by atoms with Crippen molar-refractivity contribution in [1.82, 2.24) is 15.2 Å². The highest BCUT2D eigenvalue weighted by molar-refractivity contribution is 8.13. The van der Waals surface area contributed by atoms with E-state index in [2.05, 4.69) is 40.8 Å². The lowest BCUT2D eigenvalue weighted by Crippen LogP contribution is -2.46. The van der Waals surface area contributed by atoms with Crippen molar-refractivity contribution in [2.75, 3.05) is 43.4 Å². The monoisotopic (exact) mass is 427 g/mol. The fraction of sp³-hybridized carbons (Fsp3) is 0.550. The van der Waals surface area contributed by atoms with E-state index in [1.807, 2.05) is 4.90 Å². The lowest BCUT2D eigenvalue weighted by atomic mass is 10.1. The second kappa shape index (κ2) is 9.30. The molecule has 0 radical (unpaired) electrons. The molecule has 1 aromatic carbocycles. The number of hydrogen-bond donors (Lipinski definition) is 1. The van der Waals surface area contributed by atoms with Crippen LogP contribution in [0.25, 0.3) is 0 Å². The van der Waals surface area contributed by atoms with Gasteiger partial charge in [-0.15, -0.1) is 5.10 Å². The van der Waals surface area contributed by atoms with Gasteiger partial charge in [0, 0.05) is 43.7 Å². The van der Waals surface area contributed by atoms with E-state index in [0.717, 1.165) is 62.0 Å². The molecule has 1 aromatic rings. The quantitative estimate of drug-likeness (QED) is 0.694. The summed E-state index contributed by atoms with van der Waals surface area (Å²) in [5, 5.41) is 5.28. The molecule has 0 unspecified atom stereocenters. The molecule has 9 heteroatoms. The third kappa shape index (κ3) is 5.60. The molecular formula is C20H28F3N5S. The predicted octanol–water partition coefficient (Wildman–Crippen LogP) is 4.01. The molecule has 0 aromatic heterocycles. The van der Waals surface area contributed by atoms with Gasteiger partial charge in [0.05, 0.1) is 5.56 Å². The average molecular weight is 428 g/mol. The van der Waals surface area contributed by atoms with Crippen LogP contribution in [0, 0.1) is 0 Å². The Bertz CT molecular complexity index is 742. The van der Waals surface area contributed by atoms with E-state index in [4.69, 9.17) is 0 Å². The van der Waals surface area contributed by atoms with E-state index in [0.29, 0.717) is 11.7 Å². The minimum atomic E-state index is -4.30. The number of hydrazone groups is 1. The van der Waals surface area contributed by atoms with E-state index >= 15 is 0 Å². The summed E-state index contributed by atoms with van der Waals surface area (Å²) in [5.74, 6) is 1.78. The van der Waals surface area contributed by atoms with E-state index < -0.39 is 11.7 Å². The van der Waals surface area contributed by atoms with Gasteiger partial charge in [0.15, 0.2) is 5.17 Å². The number of anilines is 1. The van der Waals surface area contributed by atoms with Gasteiger partial charge in [-0.3, -0.25) is 10.3 Å². The topological polar surface area (TPSA) is 34.1 Å². The lowest BCUT2D eigenvalue weighted by molar-refractivity contribution is -0.137. The SMILES string of the molecule is C=C1NN=C(SCCCN2CCN(c3cccc(C(F)(F)F)c3)CC2)N1C(C)C. The van der Waals surface area contributed by atoms with E-state index in [9.17, 15) is 13.2 Å². The molecule has 0 amide bonds. The standard InChI is InChI=1S/C20H28F3N5S/c1-15(2)28-16(3)24-25-19(28)29-13-5-8-26-9-11-27(12-10-26)18-7-4-6-17(14-18)20(21,22)23/h4,6-7,14-15,24H,3,5,8-13H2,1-2H3. The number of rotatable bonds is 6. The molecular weight excluding hydrogens is 399 g/mol. The van der Waals surface area contributed by atoms with Crippen molar-refractivity contribution < 1.29 is 13.2 Å². The number of amidine groups is 1. The molecule has 0 spiro atoms. The molecule has 2 aliphatic heterocycles. The molecule has 160 valence electrons. The van der Waals surface area contributed by atoms with E-state index in [-0.39, 0.29) is 0 Å². The zero-order chi connectivity index (χ0) is 21.0. The van der Waals surface area contributed by atoms with Crippen molar-refractivity contribution in [1.29, 1.82) is 0 Å². The fourth-order valence-electron chi connectivity index (χ4n) is 3.53. The first kappa shape index (κ1) is 21.8. The van der Waals surface area contributed by atoms with Crippen molar-refractivity contribution in [2.45, 2.75) is 32.5 Å². The Balaban J connectivity index is 1.40. The fourth-order valence-corrected chi connectivity index (χ4v) is 4.56. The van der Waals surface area contributed by atoms with Crippen LogP contribution in [0.3, 0.4) is 0 Å². The Kier molecular flexibility index (Phi) is 7.00. The zero-order valence-corrected chi connectivity index (χ0v) is 17.7. The molecule has 29 heavy (non-hydrogen) atoms. The maximum atomic E-state index is 12.9. The number of nitrogens with one attached hydrogen (secondary N) is 1. The molecule has 0 atom stereocenters. The third-order valence-corrected chi connectivity index (χ3v) is 6.09. The first-order valence-corrected chi connectivity index (χ1v) is 10.8. The number of benzene rings is 1. The van der Waals surface area contributed by atoms with Crippen LogP contribution in [-0.4, -0.2) is 59.5 Å². The first-order valence-electron chi connectivity index (χ1n) is 9.85. The summed E-state index contributed by atoms with van der Waals surface area (Å²) in [4.78, 5) is 6.50. The molecule has 0 bridgehead atoms. The highest BCUT2D eigenvalue weighted by Crippen LogP contribution is 2.32. The van der Waals surface area contributed by atoms with Crippen LogP contribution in [0.1, 0.15) is 25.8 Å². The molecule has 1 saturated heterocycles. The Hall–Kier alpha value is -1.87. The van der Waals surface area contributed by atoms with Gasteiger partial charge in [-0.1, -0.05) is 24.4 Å². The molecule has 2 aliphatic rings. The summed E-state index contributed by atoms with van der Waals surface area (Å²) in [6, 6.07) is 5.92. The van der Waals surface area contributed by atoms with E-state index in [1.165, 1.54) is 12.1 Å². The van der Waals surface area contributed by atoms with Crippen molar-refractivity contribution in [2.24, 2.45) is 5.10 Å². The minimum absolute atomic E-state index is 0.313. The summed E-state index contributed by atoms with van der Waals surface area (Å²) >= 11 is 1.72. The van der Waals surface area contributed by atoms with Crippen LogP contribution in [0.15, 0.2) is 41.8 Å². The summed E-state index contributed by atoms with van der Waals surface area (Å²) in [6.45, 7) is 12.4. The highest BCUT2D eigenvalue weighted by atomic mass is 32.2. The lowest BCUT2D eigenvalue weighted by Gasteiger charge is -2.36. The molecule has 5 nitrogen and oxygen atoms in total. The largest absolute Gasteiger partial charge is 0.416 e. The summed E-state index contributed by atoms with van der Waals surface area (Å²) in [5.41, 5.74) is 3.00. The third-order valence-electron chi connectivity index (χ3n) is 5.05. The second-order valence-electron chi connectivity index (χ2n) is 7.50. The van der Waals surface area contributed by atoms with Gasteiger partial charge in [-0.2, -0.15) is 13.2 Å². The zero-order valence-electron chi connectivity index (χ0n) is 16.9. The number of thioether (sulfide) groups is 1. The minimum Gasteiger partial charge on any atom is -0.369 e. The molecule has 0 aliphatic carbocycles. The first-order chi connectivity index (χ1) is 13.8. The normalized spacial score (nSPS) is 18.4. The second-order valence-corrected chi connectivity index (χ2v) is 8.56. The van der Waals surface area contributed by atoms with Gasteiger partial charge in [0.1, 0.15) is 5.82 Å². The maximum Gasteiger partial charge on any atom is 0.416 e. The number of alkyl halides is 3. The van der Waals surface area contributed by atoms with Crippen molar-refractivity contribution in [3.8, 4) is 0 Å². The summed E-state index contributed by atoms with van der Waals surface area (Å²) in [6.07, 6.45) is -3.27. The van der Waals surface area contributed by atoms with Gasteiger partial charge >= 0.3 is 6.18 Å². The van der Waals surface area contributed by atoms with Gasteiger partial charge < -0.3 is 9.80 Å². The number of piperazine rings is 1. The Labute approximate surface area is 174 Å². The molecule has 3 rings (SSSR count). The van der Waals surface area contributed by atoms with Crippen LogP contribution in [-0.2, 0) is 6.18 Å². The van der Waals surface area contributed by atoms with Crippen molar-refractivity contribution in [3.05, 3.63) is 42.2 Å². The van der Waals surface area contributed by atoms with Crippen molar-refractivity contribution >= 4 is 22.6 Å². The molecule has 1 N–H and O–H groups in total. The van der Waals surface area contributed by atoms with Gasteiger partial charge in [-0.05, 0) is 45.0 Å². The van der Waals surface area contributed by atoms with Gasteiger partial charge in [-0.25, -0.2) is 0 Å².